The Hall–Kier alpha value is -3.33. The Morgan fingerprint density at radius 3 is 0.675 bits per heavy atom. The lowest BCUT2D eigenvalue weighted by Crippen LogP contribution is -2.69. The lowest BCUT2D eigenvalue weighted by atomic mass is 9.80. The van der Waals surface area contributed by atoms with Crippen LogP contribution in [0.5, 0.6) is 23.0 Å². The van der Waals surface area contributed by atoms with Gasteiger partial charge in [0.2, 0.25) is 0 Å². The fourth-order valence-corrected chi connectivity index (χ4v) is 16.4. The number of alkyl halides is 6. The molecule has 4 aromatic carbocycles. The molecular formula is C60H84F6O7S2Si2. The summed E-state index contributed by atoms with van der Waals surface area (Å²) in [4.78, 5) is 2.01. The van der Waals surface area contributed by atoms with Crippen molar-refractivity contribution in [2.24, 2.45) is 0 Å². The first-order chi connectivity index (χ1) is 34.3. The Morgan fingerprint density at radius 2 is 0.519 bits per heavy atom. The number of fused-ring (bicyclic) bond motifs is 4. The minimum absolute atomic E-state index is 0.0750. The van der Waals surface area contributed by atoms with E-state index in [0.29, 0.717) is 41.8 Å². The molecule has 0 aromatic heterocycles. The number of rotatable bonds is 6. The molecule has 0 aliphatic carbocycles. The molecule has 7 nitrogen and oxygen atoms in total. The highest BCUT2D eigenvalue weighted by Gasteiger charge is 2.70. The van der Waals surface area contributed by atoms with E-state index in [1.54, 1.807) is 0 Å². The highest BCUT2D eigenvalue weighted by Crippen LogP contribution is 2.56. The number of benzene rings is 4. The standard InChI is InChI=1S/C60H84F6O7S2Si2/c1-51(2,3)35-25-39(55(13,14)15)47-43(29-35)74-44-30-36(52(4,5)6)26-40(56(16,17)18)48(44)70-76(69-47,67-33-59(61,62)63)73-77(68-34-60(64,65)66)71-49-41(57(19,20)21)27-37(53(7,8)9)31-45(49)75-46-32-38(54(10,11)12)28-42(50(46)72-77)58(22,23)24/h25-32H,33-34H2,1-24H3. The van der Waals surface area contributed by atoms with Crippen molar-refractivity contribution >= 4 is 41.6 Å². The van der Waals surface area contributed by atoms with E-state index in [-0.39, 0.29) is 23.0 Å². The van der Waals surface area contributed by atoms with E-state index < -0.39 is 87.0 Å². The van der Waals surface area contributed by atoms with Gasteiger partial charge in [0, 0.05) is 0 Å². The minimum atomic E-state index is -5.89. The van der Waals surface area contributed by atoms with Crippen molar-refractivity contribution in [3.8, 4) is 23.0 Å². The zero-order valence-corrected chi connectivity index (χ0v) is 53.6. The van der Waals surface area contributed by atoms with Gasteiger partial charge in [-0.25, -0.2) is 0 Å². The average Bonchev–Trinajstić information content (AvgIpc) is 3.19. The molecule has 0 saturated carbocycles. The number of hydrogen-bond donors (Lipinski definition) is 0. The SMILES string of the molecule is CC(C)(C)c1cc2c(c(C(C)(C)C)c1)O[Si](OCC(F)(F)F)(O[Si]1(OCC(F)(F)F)Oc3c(cc(C(C)(C)C)cc3C(C)(C)C)Sc3cc(C(C)(C)C)cc(C(C)(C)C)c3O1)Oc1c(cc(C(C)(C)C)cc1C(C)(C)C)S2. The Morgan fingerprint density at radius 1 is 0.325 bits per heavy atom. The fraction of sp³-hybridized carbons (Fsp3) is 0.600. The summed E-state index contributed by atoms with van der Waals surface area (Å²) in [6.07, 6.45) is -10.1. The molecule has 77 heavy (non-hydrogen) atoms. The molecule has 428 valence electrons. The lowest BCUT2D eigenvalue weighted by Gasteiger charge is -2.41. The molecule has 0 N–H and O–H groups in total. The van der Waals surface area contributed by atoms with Crippen LogP contribution in [0.3, 0.4) is 0 Å². The van der Waals surface area contributed by atoms with Crippen LogP contribution in [-0.2, 0) is 56.3 Å². The van der Waals surface area contributed by atoms with Gasteiger partial charge < -0.3 is 26.6 Å². The molecule has 2 aliphatic heterocycles. The normalized spacial score (nSPS) is 16.7. The fourth-order valence-electron chi connectivity index (χ4n) is 8.63. The van der Waals surface area contributed by atoms with E-state index in [1.807, 2.05) is 132 Å². The minimum Gasteiger partial charge on any atom is -0.470 e. The van der Waals surface area contributed by atoms with Gasteiger partial charge in [-0.2, -0.15) is 26.3 Å². The Bertz CT molecular complexity index is 2500. The first-order valence-electron chi connectivity index (χ1n) is 26.3. The predicted molar refractivity (Wildman–Crippen MR) is 303 cm³/mol. The maximum Gasteiger partial charge on any atom is 0.817 e. The van der Waals surface area contributed by atoms with E-state index in [0.717, 1.165) is 22.3 Å². The van der Waals surface area contributed by atoms with Crippen LogP contribution in [0.4, 0.5) is 26.3 Å². The van der Waals surface area contributed by atoms with E-state index >= 15 is 26.3 Å². The summed E-state index contributed by atoms with van der Waals surface area (Å²) >= 11 is 2.66. The van der Waals surface area contributed by atoms with Crippen molar-refractivity contribution in [2.75, 3.05) is 13.2 Å². The second kappa shape index (κ2) is 20.3. The third kappa shape index (κ3) is 14.8. The van der Waals surface area contributed by atoms with Crippen molar-refractivity contribution < 1.29 is 57.0 Å². The second-order valence-electron chi connectivity index (χ2n) is 28.9. The molecule has 0 atom stereocenters. The summed E-state index contributed by atoms with van der Waals surface area (Å²) in [6.45, 7) is 44.1. The van der Waals surface area contributed by atoms with Crippen LogP contribution >= 0.6 is 23.5 Å². The molecule has 0 amide bonds. The van der Waals surface area contributed by atoms with Gasteiger partial charge in [0.15, 0.2) is 0 Å². The molecule has 0 bridgehead atoms. The monoisotopic (exact) mass is 1150 g/mol. The lowest BCUT2D eigenvalue weighted by molar-refractivity contribution is -0.174. The van der Waals surface area contributed by atoms with Crippen LogP contribution in [0.1, 0.15) is 211 Å². The quantitative estimate of drug-likeness (QED) is 0.139. The molecule has 0 fully saturated rings. The first-order valence-corrected chi connectivity index (χ1v) is 31.2. The van der Waals surface area contributed by atoms with Gasteiger partial charge in [-0.05, 0) is 112 Å². The zero-order chi connectivity index (χ0) is 58.7. The molecule has 2 heterocycles. The Balaban J connectivity index is 1.90. The molecule has 0 saturated heterocycles. The van der Waals surface area contributed by atoms with Crippen LogP contribution in [0.15, 0.2) is 68.1 Å². The van der Waals surface area contributed by atoms with Crippen LogP contribution < -0.4 is 17.7 Å². The van der Waals surface area contributed by atoms with Crippen molar-refractivity contribution in [1.82, 2.24) is 0 Å². The van der Waals surface area contributed by atoms with E-state index in [4.69, 9.17) is 30.7 Å². The molecule has 0 unspecified atom stereocenters. The molecule has 4 aromatic rings. The maximum atomic E-state index is 15.3. The van der Waals surface area contributed by atoms with Crippen LogP contribution in [0, 0.1) is 0 Å². The van der Waals surface area contributed by atoms with E-state index in [1.165, 1.54) is 23.5 Å². The largest absolute Gasteiger partial charge is 0.817 e. The van der Waals surface area contributed by atoms with Gasteiger partial charge in [-0.1, -0.05) is 214 Å². The summed E-state index contributed by atoms with van der Waals surface area (Å²) in [7, 11) is -11.8. The van der Waals surface area contributed by atoms with Gasteiger partial charge in [0.1, 0.15) is 36.2 Å². The number of hydrogen-bond acceptors (Lipinski definition) is 9. The topological polar surface area (TPSA) is 64.6 Å². The highest BCUT2D eigenvalue weighted by atomic mass is 32.2. The van der Waals surface area contributed by atoms with Gasteiger partial charge >= 0.3 is 30.4 Å². The smallest absolute Gasteiger partial charge is 0.470 e. The molecule has 0 spiro atoms. The molecular weight excluding hydrogens is 1070 g/mol. The summed E-state index contributed by atoms with van der Waals surface area (Å²) in [5, 5.41) is 0. The summed E-state index contributed by atoms with van der Waals surface area (Å²) in [5.74, 6) is 0.300. The molecule has 0 radical (unpaired) electrons. The first kappa shape index (κ1) is 62.9. The van der Waals surface area contributed by atoms with Crippen molar-refractivity contribution in [3.05, 3.63) is 93.0 Å². The van der Waals surface area contributed by atoms with Crippen LogP contribution in [0.2, 0.25) is 0 Å². The van der Waals surface area contributed by atoms with Crippen molar-refractivity contribution in [1.29, 1.82) is 0 Å². The molecule has 17 heteroatoms. The summed E-state index contributed by atoms with van der Waals surface area (Å²) in [6, 6.07) is 15.6. The third-order valence-electron chi connectivity index (χ3n) is 13.3. The molecule has 6 rings (SSSR count). The highest BCUT2D eigenvalue weighted by molar-refractivity contribution is 7.99. The zero-order valence-electron chi connectivity index (χ0n) is 50.0. The summed E-state index contributed by atoms with van der Waals surface area (Å²) < 4.78 is 140. The Labute approximate surface area is 467 Å². The van der Waals surface area contributed by atoms with Crippen molar-refractivity contribution in [2.45, 2.75) is 241 Å². The van der Waals surface area contributed by atoms with E-state index in [9.17, 15) is 0 Å². The Kier molecular flexibility index (Phi) is 16.6. The van der Waals surface area contributed by atoms with Crippen LogP contribution in [0.25, 0.3) is 0 Å². The van der Waals surface area contributed by atoms with Gasteiger partial charge in [0.25, 0.3) is 0 Å². The molecule has 2 aliphatic rings. The van der Waals surface area contributed by atoms with E-state index in [2.05, 4.69) is 83.1 Å². The van der Waals surface area contributed by atoms with Gasteiger partial charge in [-0.3, -0.25) is 4.12 Å². The predicted octanol–water partition coefficient (Wildman–Crippen LogP) is 18.7. The van der Waals surface area contributed by atoms with Gasteiger partial charge in [-0.15, -0.1) is 0 Å². The van der Waals surface area contributed by atoms with Gasteiger partial charge in [0.05, 0.1) is 19.6 Å². The second-order valence-corrected chi connectivity index (χ2v) is 35.3. The summed E-state index contributed by atoms with van der Waals surface area (Å²) in [5.41, 5.74) is 1.08. The third-order valence-corrected chi connectivity index (χ3v) is 20.2. The average molecular weight is 1150 g/mol. The maximum absolute atomic E-state index is 15.3. The van der Waals surface area contributed by atoms with Crippen LogP contribution in [-0.4, -0.2) is 43.7 Å². The number of halogens is 6. The van der Waals surface area contributed by atoms with Crippen molar-refractivity contribution in [3.63, 3.8) is 0 Å².